The van der Waals surface area contributed by atoms with Crippen LogP contribution in [0.1, 0.15) is 55.5 Å². The summed E-state index contributed by atoms with van der Waals surface area (Å²) in [6.45, 7) is 3.74. The highest BCUT2D eigenvalue weighted by molar-refractivity contribution is 5.94. The Morgan fingerprint density at radius 2 is 1.92 bits per heavy atom. The summed E-state index contributed by atoms with van der Waals surface area (Å²) in [7, 11) is 3.55. The topological polar surface area (TPSA) is 69.6 Å². The van der Waals surface area contributed by atoms with Gasteiger partial charge in [-0.25, -0.2) is 0 Å². The molecular weight excluding hydrogens is 316 g/mol. The van der Waals surface area contributed by atoms with Crippen molar-refractivity contribution >= 4 is 17.9 Å². The van der Waals surface area contributed by atoms with Gasteiger partial charge in [-0.05, 0) is 50.8 Å². The number of carbonyl (C=O) groups is 2. The molecule has 0 aliphatic carbocycles. The summed E-state index contributed by atoms with van der Waals surface area (Å²) in [6, 6.07) is 7.16. The molecule has 138 valence electrons. The van der Waals surface area contributed by atoms with Crippen LogP contribution in [0.2, 0.25) is 0 Å². The fourth-order valence-corrected chi connectivity index (χ4v) is 2.38. The number of nitrogens with one attached hydrogen (secondary N) is 1. The zero-order valence-corrected chi connectivity index (χ0v) is 15.7. The Morgan fingerprint density at radius 1 is 1.24 bits per heavy atom. The first-order valence-electron chi connectivity index (χ1n) is 8.72. The lowest BCUT2D eigenvalue weighted by Crippen LogP contribution is -2.34. The van der Waals surface area contributed by atoms with Gasteiger partial charge in [0.25, 0.3) is 5.91 Å². The molecule has 5 nitrogen and oxygen atoms in total. The third-order valence-electron chi connectivity index (χ3n) is 3.92. The van der Waals surface area contributed by atoms with Crippen molar-refractivity contribution in [1.82, 2.24) is 10.2 Å². The van der Waals surface area contributed by atoms with E-state index in [1.165, 1.54) is 5.57 Å². The largest absolute Gasteiger partial charge is 0.394 e. The predicted molar refractivity (Wildman–Crippen MR) is 101 cm³/mol. The molecule has 25 heavy (non-hydrogen) atoms. The maximum absolute atomic E-state index is 12.1. The van der Waals surface area contributed by atoms with Crippen LogP contribution in [0.5, 0.6) is 0 Å². The number of aliphatic hydroxyl groups excluding tert-OH is 1. The molecule has 0 aliphatic heterocycles. The molecule has 0 saturated carbocycles. The average molecular weight is 346 g/mol. The first-order chi connectivity index (χ1) is 11.8. The van der Waals surface area contributed by atoms with Crippen molar-refractivity contribution in [3.8, 4) is 0 Å². The Labute approximate surface area is 150 Å². The molecule has 0 saturated heterocycles. The second kappa shape index (κ2) is 10.7. The van der Waals surface area contributed by atoms with Crippen LogP contribution in [-0.4, -0.2) is 48.6 Å². The first kappa shape index (κ1) is 20.9. The van der Waals surface area contributed by atoms with Crippen molar-refractivity contribution in [2.24, 2.45) is 0 Å². The third-order valence-corrected chi connectivity index (χ3v) is 3.92. The lowest BCUT2D eigenvalue weighted by Gasteiger charge is -2.11. The quantitative estimate of drug-likeness (QED) is 0.676. The summed E-state index contributed by atoms with van der Waals surface area (Å²) in [5.74, 6) is -0.0193. The lowest BCUT2D eigenvalue weighted by atomic mass is 10.0. The molecule has 0 heterocycles. The smallest absolute Gasteiger partial charge is 0.251 e. The van der Waals surface area contributed by atoms with Gasteiger partial charge in [0, 0.05) is 32.1 Å². The van der Waals surface area contributed by atoms with E-state index in [4.69, 9.17) is 5.11 Å². The number of rotatable bonds is 9. The number of carbonyl (C=O) groups excluding carboxylic acids is 2. The van der Waals surface area contributed by atoms with Gasteiger partial charge in [-0.15, -0.1) is 0 Å². The number of amides is 2. The Balaban J connectivity index is 2.57. The Kier molecular flexibility index (Phi) is 8.92. The molecule has 0 fully saturated rings. The third kappa shape index (κ3) is 7.98. The summed E-state index contributed by atoms with van der Waals surface area (Å²) in [6.07, 6.45) is 5.43. The Morgan fingerprint density at radius 3 is 2.56 bits per heavy atom. The van der Waals surface area contributed by atoms with Gasteiger partial charge in [0.1, 0.15) is 0 Å². The van der Waals surface area contributed by atoms with E-state index in [0.29, 0.717) is 12.0 Å². The van der Waals surface area contributed by atoms with Gasteiger partial charge in [-0.3, -0.25) is 9.59 Å². The highest BCUT2D eigenvalue weighted by Crippen LogP contribution is 2.15. The van der Waals surface area contributed by atoms with Gasteiger partial charge in [-0.2, -0.15) is 0 Å². The fourth-order valence-electron chi connectivity index (χ4n) is 2.38. The molecule has 0 radical (unpaired) electrons. The van der Waals surface area contributed by atoms with E-state index in [1.54, 1.807) is 32.0 Å². The summed E-state index contributed by atoms with van der Waals surface area (Å²) in [5.41, 5.74) is 2.78. The summed E-state index contributed by atoms with van der Waals surface area (Å²) >= 11 is 0. The number of allylic oxidation sites excluding steroid dienone is 1. The van der Waals surface area contributed by atoms with Crippen molar-refractivity contribution < 1.29 is 14.7 Å². The molecule has 0 aliphatic rings. The van der Waals surface area contributed by atoms with Crippen molar-refractivity contribution in [3.63, 3.8) is 0 Å². The van der Waals surface area contributed by atoms with Crippen LogP contribution in [0.15, 0.2) is 29.8 Å². The van der Waals surface area contributed by atoms with E-state index in [-0.39, 0.29) is 24.5 Å². The van der Waals surface area contributed by atoms with E-state index in [2.05, 4.69) is 18.3 Å². The van der Waals surface area contributed by atoms with Crippen LogP contribution in [0, 0.1) is 0 Å². The normalized spacial score (nSPS) is 12.6. The van der Waals surface area contributed by atoms with Crippen molar-refractivity contribution in [3.05, 3.63) is 41.0 Å². The van der Waals surface area contributed by atoms with Gasteiger partial charge >= 0.3 is 0 Å². The lowest BCUT2D eigenvalue weighted by molar-refractivity contribution is -0.128. The number of hydrogen-bond acceptors (Lipinski definition) is 3. The summed E-state index contributed by atoms with van der Waals surface area (Å²) in [4.78, 5) is 25.3. The van der Waals surface area contributed by atoms with Gasteiger partial charge in [-0.1, -0.05) is 23.8 Å². The minimum absolute atomic E-state index is 0.0826. The van der Waals surface area contributed by atoms with Gasteiger partial charge in [0.15, 0.2) is 0 Å². The molecule has 0 bridgehead atoms. The van der Waals surface area contributed by atoms with E-state index in [0.717, 1.165) is 24.8 Å². The zero-order valence-electron chi connectivity index (χ0n) is 15.7. The minimum Gasteiger partial charge on any atom is -0.394 e. The highest BCUT2D eigenvalue weighted by Gasteiger charge is 2.09. The predicted octanol–water partition coefficient (Wildman–Crippen LogP) is 2.85. The monoisotopic (exact) mass is 346 g/mol. The molecule has 1 aromatic carbocycles. The van der Waals surface area contributed by atoms with Crippen molar-refractivity contribution in [2.75, 3.05) is 20.7 Å². The van der Waals surface area contributed by atoms with E-state index < -0.39 is 0 Å². The second-order valence-electron chi connectivity index (χ2n) is 6.67. The van der Waals surface area contributed by atoms with Crippen LogP contribution in [0.25, 0.3) is 6.08 Å². The highest BCUT2D eigenvalue weighted by atomic mass is 16.3. The van der Waals surface area contributed by atoms with Crippen LogP contribution >= 0.6 is 0 Å². The molecule has 1 atom stereocenters. The SMILES string of the molecule is CC(=Cc1cccc(C(=O)NC(C)CO)c1)CCCCC(=O)N(C)C. The van der Waals surface area contributed by atoms with Crippen LogP contribution in [0.4, 0.5) is 0 Å². The molecule has 1 unspecified atom stereocenters. The van der Waals surface area contributed by atoms with Crippen LogP contribution < -0.4 is 5.32 Å². The number of benzene rings is 1. The molecule has 0 aromatic heterocycles. The Bertz CT molecular complexity index is 609. The molecule has 5 heteroatoms. The Hall–Kier alpha value is -2.14. The minimum atomic E-state index is -0.265. The van der Waals surface area contributed by atoms with Crippen molar-refractivity contribution in [1.29, 1.82) is 0 Å². The van der Waals surface area contributed by atoms with Crippen LogP contribution in [-0.2, 0) is 4.79 Å². The summed E-state index contributed by atoms with van der Waals surface area (Å²) in [5, 5.41) is 11.8. The molecule has 1 rings (SSSR count). The maximum Gasteiger partial charge on any atom is 0.251 e. The molecule has 0 spiro atoms. The number of unbranched alkanes of at least 4 members (excludes halogenated alkanes) is 1. The first-order valence-corrected chi connectivity index (χ1v) is 8.72. The van der Waals surface area contributed by atoms with Crippen LogP contribution in [0.3, 0.4) is 0 Å². The average Bonchev–Trinajstić information content (AvgIpc) is 2.58. The number of nitrogens with zero attached hydrogens (tertiary/aromatic N) is 1. The molecule has 2 amide bonds. The van der Waals surface area contributed by atoms with Gasteiger partial charge in [0.05, 0.1) is 6.61 Å². The van der Waals surface area contributed by atoms with E-state index >= 15 is 0 Å². The number of aliphatic hydroxyl groups is 1. The van der Waals surface area contributed by atoms with E-state index in [1.807, 2.05) is 18.2 Å². The second-order valence-corrected chi connectivity index (χ2v) is 6.67. The maximum atomic E-state index is 12.1. The fraction of sp³-hybridized carbons (Fsp3) is 0.500. The van der Waals surface area contributed by atoms with Gasteiger partial charge < -0.3 is 15.3 Å². The van der Waals surface area contributed by atoms with Gasteiger partial charge in [0.2, 0.25) is 5.91 Å². The van der Waals surface area contributed by atoms with Crippen molar-refractivity contribution in [2.45, 2.75) is 45.6 Å². The molecular formula is C20H30N2O3. The molecule has 2 N–H and O–H groups in total. The standard InChI is InChI=1S/C20H30N2O3/c1-15(8-5-6-11-19(24)22(3)4)12-17-9-7-10-18(13-17)20(25)21-16(2)14-23/h7,9-10,12-13,16,23H,5-6,8,11,14H2,1-4H3,(H,21,25). The molecule has 1 aromatic rings. The number of hydrogen-bond donors (Lipinski definition) is 2. The summed E-state index contributed by atoms with van der Waals surface area (Å²) < 4.78 is 0. The zero-order chi connectivity index (χ0) is 18.8. The van der Waals surface area contributed by atoms with E-state index in [9.17, 15) is 9.59 Å².